The summed E-state index contributed by atoms with van der Waals surface area (Å²) in [6.07, 6.45) is 4.49. The number of carbonyl (C=O) groups is 1. The maximum Gasteiger partial charge on any atom is 0.290 e. The lowest BCUT2D eigenvalue weighted by molar-refractivity contribution is 0.0904. The largest absolute Gasteiger partial charge is 0.381 e. The van der Waals surface area contributed by atoms with E-state index in [0.717, 1.165) is 67.0 Å². The van der Waals surface area contributed by atoms with E-state index in [1.165, 1.54) is 0 Å². The SMILES string of the molecule is CCc1nc2c(cnn2CC)c(NC2CCOCC2)c1CNC(=O)c1cc(C)no1. The zero-order chi connectivity index (χ0) is 21.1. The molecule has 1 saturated heterocycles. The molecule has 3 aromatic heterocycles. The van der Waals surface area contributed by atoms with Gasteiger partial charge >= 0.3 is 0 Å². The fourth-order valence-corrected chi connectivity index (χ4v) is 3.83. The van der Waals surface area contributed by atoms with Gasteiger partial charge in [0.2, 0.25) is 5.76 Å². The van der Waals surface area contributed by atoms with Gasteiger partial charge in [-0.15, -0.1) is 0 Å². The van der Waals surface area contributed by atoms with Gasteiger partial charge in [-0.25, -0.2) is 9.67 Å². The number of hydrogen-bond acceptors (Lipinski definition) is 7. The summed E-state index contributed by atoms with van der Waals surface area (Å²) in [6.45, 7) is 8.50. The molecule has 0 radical (unpaired) electrons. The third-order valence-corrected chi connectivity index (χ3v) is 5.45. The van der Waals surface area contributed by atoms with Crippen molar-refractivity contribution in [1.82, 2.24) is 25.2 Å². The van der Waals surface area contributed by atoms with E-state index >= 15 is 0 Å². The topological polar surface area (TPSA) is 107 Å². The number of carbonyl (C=O) groups excluding carboxylic acids is 1. The Labute approximate surface area is 175 Å². The summed E-state index contributed by atoms with van der Waals surface area (Å²) in [5.74, 6) is -0.0867. The number of rotatable bonds is 7. The van der Waals surface area contributed by atoms with Crippen molar-refractivity contribution in [1.29, 1.82) is 0 Å². The van der Waals surface area contributed by atoms with Crippen LogP contribution in [0.15, 0.2) is 16.8 Å². The number of nitrogens with one attached hydrogen (secondary N) is 2. The molecule has 30 heavy (non-hydrogen) atoms. The lowest BCUT2D eigenvalue weighted by Gasteiger charge is -2.26. The molecule has 0 aromatic carbocycles. The first kappa shape index (κ1) is 20.3. The molecule has 1 amide bonds. The van der Waals surface area contributed by atoms with Crippen LogP contribution in [0.4, 0.5) is 5.69 Å². The van der Waals surface area contributed by atoms with Crippen molar-refractivity contribution >= 4 is 22.6 Å². The molecule has 9 heteroatoms. The molecule has 0 aliphatic carbocycles. The Hall–Kier alpha value is -2.94. The number of ether oxygens (including phenoxy) is 1. The number of fused-ring (bicyclic) bond motifs is 1. The van der Waals surface area contributed by atoms with E-state index in [1.807, 2.05) is 10.9 Å². The first-order valence-electron chi connectivity index (χ1n) is 10.5. The van der Waals surface area contributed by atoms with Gasteiger partial charge in [-0.2, -0.15) is 5.10 Å². The Morgan fingerprint density at radius 3 is 2.77 bits per heavy atom. The fraction of sp³-hybridized carbons (Fsp3) is 0.524. The first-order valence-corrected chi connectivity index (χ1v) is 10.5. The summed E-state index contributed by atoms with van der Waals surface area (Å²) in [4.78, 5) is 17.4. The maximum absolute atomic E-state index is 12.5. The summed E-state index contributed by atoms with van der Waals surface area (Å²) in [6, 6.07) is 1.94. The molecule has 0 saturated carbocycles. The molecule has 0 atom stereocenters. The van der Waals surface area contributed by atoms with Crippen LogP contribution < -0.4 is 10.6 Å². The average Bonchev–Trinajstić information content (AvgIpc) is 3.39. The van der Waals surface area contributed by atoms with Crippen molar-refractivity contribution in [3.05, 3.63) is 35.0 Å². The molecular weight excluding hydrogens is 384 g/mol. The minimum absolute atomic E-state index is 0.206. The maximum atomic E-state index is 12.5. The van der Waals surface area contributed by atoms with Crippen LogP contribution in [0.5, 0.6) is 0 Å². The monoisotopic (exact) mass is 412 g/mol. The van der Waals surface area contributed by atoms with Gasteiger partial charge in [-0.1, -0.05) is 12.1 Å². The molecule has 1 fully saturated rings. The Kier molecular flexibility index (Phi) is 5.98. The summed E-state index contributed by atoms with van der Waals surface area (Å²) in [5.41, 5.74) is 4.46. The molecule has 0 unspecified atom stereocenters. The minimum atomic E-state index is -0.293. The van der Waals surface area contributed by atoms with Crippen LogP contribution in [0.2, 0.25) is 0 Å². The average molecular weight is 412 g/mol. The standard InChI is InChI=1S/C21H28N6O3/c1-4-17-15(11-22-21(28)18-10-13(3)26-30-18)19(24-14-6-8-29-9-7-14)16-12-23-27(5-2)20(16)25-17/h10,12,14H,4-9,11H2,1-3H3,(H,22,28)(H,24,25). The van der Waals surface area contributed by atoms with E-state index in [1.54, 1.807) is 13.0 Å². The first-order chi connectivity index (χ1) is 14.6. The molecule has 1 aliphatic rings. The van der Waals surface area contributed by atoms with Crippen LogP contribution in [0.1, 0.15) is 54.2 Å². The van der Waals surface area contributed by atoms with Crippen molar-refractivity contribution < 1.29 is 14.1 Å². The van der Waals surface area contributed by atoms with Crippen molar-refractivity contribution in [2.45, 2.75) is 59.2 Å². The number of pyridine rings is 1. The van der Waals surface area contributed by atoms with Gasteiger partial charge in [0.15, 0.2) is 5.65 Å². The van der Waals surface area contributed by atoms with E-state index in [-0.39, 0.29) is 11.7 Å². The van der Waals surface area contributed by atoms with E-state index in [0.29, 0.717) is 18.3 Å². The van der Waals surface area contributed by atoms with E-state index in [4.69, 9.17) is 14.2 Å². The third-order valence-electron chi connectivity index (χ3n) is 5.45. The number of aromatic nitrogens is 4. The summed E-state index contributed by atoms with van der Waals surface area (Å²) in [7, 11) is 0. The van der Waals surface area contributed by atoms with E-state index in [2.05, 4.69) is 34.7 Å². The molecule has 2 N–H and O–H groups in total. The summed E-state index contributed by atoms with van der Waals surface area (Å²) >= 11 is 0. The number of aryl methyl sites for hydroxylation is 3. The molecule has 9 nitrogen and oxygen atoms in total. The number of nitrogens with zero attached hydrogens (tertiary/aromatic N) is 4. The molecule has 4 rings (SSSR count). The highest BCUT2D eigenvalue weighted by molar-refractivity contribution is 5.93. The van der Waals surface area contributed by atoms with Crippen LogP contribution in [0.25, 0.3) is 11.0 Å². The highest BCUT2D eigenvalue weighted by Crippen LogP contribution is 2.31. The van der Waals surface area contributed by atoms with Gasteiger partial charge in [-0.05, 0) is 33.1 Å². The van der Waals surface area contributed by atoms with Crippen LogP contribution in [0.3, 0.4) is 0 Å². The molecule has 0 spiro atoms. The quantitative estimate of drug-likeness (QED) is 0.614. The van der Waals surface area contributed by atoms with Gasteiger partial charge in [0, 0.05) is 49.7 Å². The lowest BCUT2D eigenvalue weighted by atomic mass is 10.0. The molecule has 0 bridgehead atoms. The zero-order valence-corrected chi connectivity index (χ0v) is 17.7. The van der Waals surface area contributed by atoms with Crippen LogP contribution in [-0.4, -0.2) is 45.1 Å². The second-order valence-corrected chi connectivity index (χ2v) is 7.51. The second kappa shape index (κ2) is 8.83. The Morgan fingerprint density at radius 1 is 1.30 bits per heavy atom. The number of hydrogen-bond donors (Lipinski definition) is 2. The molecule has 160 valence electrons. The van der Waals surface area contributed by atoms with Gasteiger partial charge in [0.1, 0.15) is 0 Å². The minimum Gasteiger partial charge on any atom is -0.381 e. The fourth-order valence-electron chi connectivity index (χ4n) is 3.83. The van der Waals surface area contributed by atoms with Crippen molar-refractivity contribution in [3.8, 4) is 0 Å². The predicted molar refractivity (Wildman–Crippen MR) is 112 cm³/mol. The summed E-state index contributed by atoms with van der Waals surface area (Å²) in [5, 5.41) is 15.9. The molecule has 1 aliphatic heterocycles. The van der Waals surface area contributed by atoms with Crippen molar-refractivity contribution in [3.63, 3.8) is 0 Å². The zero-order valence-electron chi connectivity index (χ0n) is 17.7. The molecule has 4 heterocycles. The highest BCUT2D eigenvalue weighted by atomic mass is 16.5. The lowest BCUT2D eigenvalue weighted by Crippen LogP contribution is -2.30. The second-order valence-electron chi connectivity index (χ2n) is 7.51. The van der Waals surface area contributed by atoms with Crippen molar-refractivity contribution in [2.24, 2.45) is 0 Å². The highest BCUT2D eigenvalue weighted by Gasteiger charge is 2.22. The Morgan fingerprint density at radius 2 is 2.10 bits per heavy atom. The normalized spacial score (nSPS) is 14.9. The predicted octanol–water partition coefficient (Wildman–Crippen LogP) is 2.83. The summed E-state index contributed by atoms with van der Waals surface area (Å²) < 4.78 is 12.5. The van der Waals surface area contributed by atoms with Gasteiger partial charge < -0.3 is 19.9 Å². The van der Waals surface area contributed by atoms with E-state index in [9.17, 15) is 4.79 Å². The van der Waals surface area contributed by atoms with Crippen LogP contribution in [-0.2, 0) is 24.2 Å². The molecule has 3 aromatic rings. The van der Waals surface area contributed by atoms with Crippen molar-refractivity contribution in [2.75, 3.05) is 18.5 Å². The van der Waals surface area contributed by atoms with Crippen LogP contribution >= 0.6 is 0 Å². The number of anilines is 1. The third kappa shape index (κ3) is 4.02. The smallest absolute Gasteiger partial charge is 0.290 e. The van der Waals surface area contributed by atoms with E-state index < -0.39 is 0 Å². The van der Waals surface area contributed by atoms with Gasteiger partial charge in [-0.3, -0.25) is 4.79 Å². The van der Waals surface area contributed by atoms with Gasteiger partial charge in [0.25, 0.3) is 5.91 Å². The molecular formula is C21H28N6O3. The number of amides is 1. The Balaban J connectivity index is 1.69. The van der Waals surface area contributed by atoms with Crippen LogP contribution in [0, 0.1) is 6.92 Å². The van der Waals surface area contributed by atoms with Gasteiger partial charge in [0.05, 0.1) is 23.0 Å². The Bertz CT molecular complexity index is 1030.